The van der Waals surface area contributed by atoms with Gasteiger partial charge in [0.15, 0.2) is 0 Å². The van der Waals surface area contributed by atoms with E-state index in [1.54, 1.807) is 18.3 Å². The van der Waals surface area contributed by atoms with Crippen molar-refractivity contribution in [3.05, 3.63) is 23.4 Å². The van der Waals surface area contributed by atoms with Gasteiger partial charge in [0.1, 0.15) is 0 Å². The van der Waals surface area contributed by atoms with Crippen LogP contribution in [0.3, 0.4) is 0 Å². The Morgan fingerprint density at radius 1 is 1.53 bits per heavy atom. The lowest BCUT2D eigenvalue weighted by molar-refractivity contribution is 0.212. The molecule has 1 aromatic rings. The molecule has 0 bridgehead atoms. The molecule has 2 rings (SSSR count). The molecule has 0 aliphatic carbocycles. The lowest BCUT2D eigenvalue weighted by atomic mass is 10.0. The first kappa shape index (κ1) is 10.7. The molecule has 2 heterocycles. The second kappa shape index (κ2) is 5.33. The highest BCUT2D eigenvalue weighted by Crippen LogP contribution is 2.14. The van der Waals surface area contributed by atoms with Crippen molar-refractivity contribution in [3.8, 4) is 5.88 Å². The quantitative estimate of drug-likeness (QED) is 0.857. The number of halogens is 1. The summed E-state index contributed by atoms with van der Waals surface area (Å²) in [6, 6.07) is 3.60. The minimum Gasteiger partial charge on any atom is -0.477 e. The Kier molecular flexibility index (Phi) is 3.80. The van der Waals surface area contributed by atoms with E-state index >= 15 is 0 Å². The highest BCUT2D eigenvalue weighted by molar-refractivity contribution is 6.30. The predicted octanol–water partition coefficient (Wildman–Crippen LogP) is 2.11. The number of hydrogen-bond donors (Lipinski definition) is 1. The first-order chi connectivity index (χ1) is 7.34. The van der Waals surface area contributed by atoms with Crippen LogP contribution in [0.2, 0.25) is 5.02 Å². The van der Waals surface area contributed by atoms with Gasteiger partial charge in [-0.05, 0) is 25.5 Å². The highest BCUT2D eigenvalue weighted by atomic mass is 35.5. The van der Waals surface area contributed by atoms with E-state index in [-0.39, 0.29) is 0 Å². The van der Waals surface area contributed by atoms with Crippen LogP contribution in [0.25, 0.3) is 0 Å². The zero-order chi connectivity index (χ0) is 10.5. The van der Waals surface area contributed by atoms with Crippen molar-refractivity contribution in [2.45, 2.75) is 12.8 Å². The number of aromatic nitrogens is 1. The van der Waals surface area contributed by atoms with E-state index in [0.717, 1.165) is 19.7 Å². The molecule has 0 spiro atoms. The van der Waals surface area contributed by atoms with Crippen LogP contribution < -0.4 is 10.1 Å². The van der Waals surface area contributed by atoms with E-state index in [1.165, 1.54) is 12.8 Å². The maximum absolute atomic E-state index is 5.73. The van der Waals surface area contributed by atoms with Gasteiger partial charge in [-0.15, -0.1) is 0 Å². The molecule has 15 heavy (non-hydrogen) atoms. The van der Waals surface area contributed by atoms with Gasteiger partial charge in [-0.3, -0.25) is 0 Å². The van der Waals surface area contributed by atoms with Crippen molar-refractivity contribution in [2.75, 3.05) is 19.7 Å². The van der Waals surface area contributed by atoms with E-state index in [9.17, 15) is 0 Å². The summed E-state index contributed by atoms with van der Waals surface area (Å²) in [5.41, 5.74) is 0. The topological polar surface area (TPSA) is 34.1 Å². The predicted molar refractivity (Wildman–Crippen MR) is 60.3 cm³/mol. The maximum atomic E-state index is 5.73. The van der Waals surface area contributed by atoms with E-state index in [4.69, 9.17) is 16.3 Å². The van der Waals surface area contributed by atoms with Crippen LogP contribution in [0.4, 0.5) is 0 Å². The van der Waals surface area contributed by atoms with Gasteiger partial charge < -0.3 is 10.1 Å². The third kappa shape index (κ3) is 3.36. The van der Waals surface area contributed by atoms with Crippen LogP contribution in [0, 0.1) is 5.92 Å². The zero-order valence-electron chi connectivity index (χ0n) is 8.58. The van der Waals surface area contributed by atoms with Gasteiger partial charge >= 0.3 is 0 Å². The lowest BCUT2D eigenvalue weighted by Gasteiger charge is -2.22. The first-order valence-electron chi connectivity index (χ1n) is 5.29. The third-order valence-electron chi connectivity index (χ3n) is 2.57. The number of pyridine rings is 1. The standard InChI is InChI=1S/C11H15ClN2O/c12-10-3-4-11(14-7-10)15-8-9-2-1-5-13-6-9/h3-4,7,9,13H,1-2,5-6,8H2/t9-/m1/s1. The van der Waals surface area contributed by atoms with Crippen LogP contribution in [0.1, 0.15) is 12.8 Å². The fourth-order valence-electron chi connectivity index (χ4n) is 1.72. The third-order valence-corrected chi connectivity index (χ3v) is 2.79. The molecule has 82 valence electrons. The summed E-state index contributed by atoms with van der Waals surface area (Å²) in [6.07, 6.45) is 4.08. The van der Waals surface area contributed by atoms with Crippen molar-refractivity contribution in [1.82, 2.24) is 10.3 Å². The van der Waals surface area contributed by atoms with Gasteiger partial charge in [-0.25, -0.2) is 4.98 Å². The van der Waals surface area contributed by atoms with Crippen molar-refractivity contribution in [2.24, 2.45) is 5.92 Å². The highest BCUT2D eigenvalue weighted by Gasteiger charge is 2.13. The molecule has 1 fully saturated rings. The zero-order valence-corrected chi connectivity index (χ0v) is 9.33. The van der Waals surface area contributed by atoms with Crippen LogP contribution >= 0.6 is 11.6 Å². The Labute approximate surface area is 94.8 Å². The van der Waals surface area contributed by atoms with Crippen molar-refractivity contribution < 1.29 is 4.74 Å². The maximum Gasteiger partial charge on any atom is 0.213 e. The molecule has 1 aliphatic rings. The minimum atomic E-state index is 0.608. The Morgan fingerprint density at radius 2 is 2.47 bits per heavy atom. The lowest BCUT2D eigenvalue weighted by Crippen LogP contribution is -2.33. The summed E-state index contributed by atoms with van der Waals surface area (Å²) in [5.74, 6) is 1.27. The van der Waals surface area contributed by atoms with Crippen LogP contribution in [-0.4, -0.2) is 24.7 Å². The monoisotopic (exact) mass is 226 g/mol. The molecule has 0 amide bonds. The summed E-state index contributed by atoms with van der Waals surface area (Å²) in [5, 5.41) is 4.00. The first-order valence-corrected chi connectivity index (χ1v) is 5.67. The number of nitrogens with one attached hydrogen (secondary N) is 1. The fourth-order valence-corrected chi connectivity index (χ4v) is 1.83. The van der Waals surface area contributed by atoms with Crippen LogP contribution in [0.5, 0.6) is 5.88 Å². The number of nitrogens with zero attached hydrogens (tertiary/aromatic N) is 1. The Balaban J connectivity index is 1.79. The summed E-state index contributed by atoms with van der Waals surface area (Å²) in [7, 11) is 0. The molecular weight excluding hydrogens is 212 g/mol. The second-order valence-electron chi connectivity index (χ2n) is 3.84. The summed E-state index contributed by atoms with van der Waals surface area (Å²) in [4.78, 5) is 4.09. The molecule has 3 nitrogen and oxygen atoms in total. The average Bonchev–Trinajstić information content (AvgIpc) is 2.30. The molecule has 1 aliphatic heterocycles. The van der Waals surface area contributed by atoms with E-state index in [2.05, 4.69) is 10.3 Å². The Bertz CT molecular complexity index is 296. The van der Waals surface area contributed by atoms with Crippen LogP contribution in [-0.2, 0) is 0 Å². The number of rotatable bonds is 3. The Hall–Kier alpha value is -0.800. The van der Waals surface area contributed by atoms with Crippen molar-refractivity contribution >= 4 is 11.6 Å². The molecule has 0 unspecified atom stereocenters. The second-order valence-corrected chi connectivity index (χ2v) is 4.27. The summed E-state index contributed by atoms with van der Waals surface area (Å²) < 4.78 is 5.59. The largest absolute Gasteiger partial charge is 0.477 e. The smallest absolute Gasteiger partial charge is 0.213 e. The number of piperidine rings is 1. The van der Waals surface area contributed by atoms with Gasteiger partial charge in [0.2, 0.25) is 5.88 Å². The summed E-state index contributed by atoms with van der Waals surface area (Å²) >= 11 is 5.73. The minimum absolute atomic E-state index is 0.608. The molecule has 0 saturated carbocycles. The molecule has 1 N–H and O–H groups in total. The van der Waals surface area contributed by atoms with E-state index < -0.39 is 0 Å². The number of hydrogen-bond acceptors (Lipinski definition) is 3. The van der Waals surface area contributed by atoms with Gasteiger partial charge in [0, 0.05) is 24.7 Å². The molecule has 0 aromatic carbocycles. The molecule has 1 saturated heterocycles. The van der Waals surface area contributed by atoms with Crippen molar-refractivity contribution in [1.29, 1.82) is 0 Å². The molecule has 0 radical (unpaired) electrons. The summed E-state index contributed by atoms with van der Waals surface area (Å²) in [6.45, 7) is 2.92. The van der Waals surface area contributed by atoms with Gasteiger partial charge in [-0.1, -0.05) is 11.6 Å². The normalized spacial score (nSPS) is 21.3. The van der Waals surface area contributed by atoms with E-state index in [0.29, 0.717) is 16.8 Å². The molecule has 4 heteroatoms. The Morgan fingerprint density at radius 3 is 3.13 bits per heavy atom. The van der Waals surface area contributed by atoms with Crippen molar-refractivity contribution in [3.63, 3.8) is 0 Å². The van der Waals surface area contributed by atoms with Gasteiger partial charge in [0.25, 0.3) is 0 Å². The molecular formula is C11H15ClN2O. The molecule has 1 aromatic heterocycles. The fraction of sp³-hybridized carbons (Fsp3) is 0.545. The van der Waals surface area contributed by atoms with E-state index in [1.807, 2.05) is 0 Å². The SMILES string of the molecule is Clc1ccc(OC[C@@H]2CCCNC2)nc1. The van der Waals surface area contributed by atoms with Gasteiger partial charge in [0.05, 0.1) is 11.6 Å². The molecule has 1 atom stereocenters. The average molecular weight is 227 g/mol. The van der Waals surface area contributed by atoms with Gasteiger partial charge in [-0.2, -0.15) is 0 Å². The number of ether oxygens (including phenoxy) is 1. The van der Waals surface area contributed by atoms with Crippen LogP contribution in [0.15, 0.2) is 18.3 Å².